The first kappa shape index (κ1) is 12.4. The van der Waals surface area contributed by atoms with Gasteiger partial charge in [-0.1, -0.05) is 6.92 Å². The average molecular weight is 225 g/mol. The van der Waals surface area contributed by atoms with Crippen molar-refractivity contribution in [1.82, 2.24) is 5.32 Å². The van der Waals surface area contributed by atoms with Gasteiger partial charge in [0.15, 0.2) is 0 Å². The molecule has 0 aromatic rings. The lowest BCUT2D eigenvalue weighted by molar-refractivity contribution is -0.107. The Morgan fingerprint density at radius 1 is 1.25 bits per heavy atom. The van der Waals surface area contributed by atoms with Crippen molar-refractivity contribution in [3.63, 3.8) is 0 Å². The molecule has 2 aliphatic rings. The highest BCUT2D eigenvalue weighted by Gasteiger charge is 2.41. The molecule has 2 fully saturated rings. The molecular formula is C14H27NO. The summed E-state index contributed by atoms with van der Waals surface area (Å²) >= 11 is 0. The fourth-order valence-corrected chi connectivity index (χ4v) is 2.92. The van der Waals surface area contributed by atoms with E-state index in [2.05, 4.69) is 33.0 Å². The molecule has 2 nitrogen and oxygen atoms in total. The predicted octanol–water partition coefficient (Wildman–Crippen LogP) is 3.25. The van der Waals surface area contributed by atoms with Gasteiger partial charge in [-0.15, -0.1) is 0 Å². The minimum Gasteiger partial charge on any atom is -0.373 e. The standard InChI is InChI=1S/C14H27NO/c1-5-14(7-6-8-14)15-11-9-12(10-11)16-13(2,3)4/h11-12,15H,5-10H2,1-4H3. The van der Waals surface area contributed by atoms with E-state index < -0.39 is 0 Å². The summed E-state index contributed by atoms with van der Waals surface area (Å²) in [6, 6.07) is 0.715. The van der Waals surface area contributed by atoms with Crippen molar-refractivity contribution in [3.05, 3.63) is 0 Å². The van der Waals surface area contributed by atoms with Gasteiger partial charge in [-0.25, -0.2) is 0 Å². The Morgan fingerprint density at radius 2 is 1.88 bits per heavy atom. The molecule has 0 amide bonds. The highest BCUT2D eigenvalue weighted by atomic mass is 16.5. The van der Waals surface area contributed by atoms with Gasteiger partial charge in [-0.3, -0.25) is 0 Å². The van der Waals surface area contributed by atoms with Gasteiger partial charge in [0, 0.05) is 11.6 Å². The Balaban J connectivity index is 1.69. The molecule has 0 bridgehead atoms. The van der Waals surface area contributed by atoms with Crippen LogP contribution in [0, 0.1) is 0 Å². The lowest BCUT2D eigenvalue weighted by atomic mass is 9.72. The van der Waals surface area contributed by atoms with Gasteiger partial charge < -0.3 is 10.1 Å². The van der Waals surface area contributed by atoms with E-state index in [4.69, 9.17) is 4.74 Å². The quantitative estimate of drug-likeness (QED) is 0.793. The molecule has 0 aromatic heterocycles. The summed E-state index contributed by atoms with van der Waals surface area (Å²) in [5.74, 6) is 0. The zero-order valence-corrected chi connectivity index (χ0v) is 11.3. The van der Waals surface area contributed by atoms with E-state index in [1.807, 2.05) is 0 Å². The third-order valence-corrected chi connectivity index (χ3v) is 4.11. The van der Waals surface area contributed by atoms with Gasteiger partial charge in [-0.05, 0) is 59.3 Å². The Hall–Kier alpha value is -0.0800. The summed E-state index contributed by atoms with van der Waals surface area (Å²) in [7, 11) is 0. The summed E-state index contributed by atoms with van der Waals surface area (Å²) in [6.45, 7) is 8.75. The van der Waals surface area contributed by atoms with E-state index in [-0.39, 0.29) is 5.60 Å². The molecule has 0 unspecified atom stereocenters. The summed E-state index contributed by atoms with van der Waals surface area (Å²) in [5.41, 5.74) is 0.520. The summed E-state index contributed by atoms with van der Waals surface area (Å²) < 4.78 is 5.96. The number of rotatable bonds is 4. The fourth-order valence-electron chi connectivity index (χ4n) is 2.92. The molecule has 2 saturated carbocycles. The molecule has 2 heteroatoms. The van der Waals surface area contributed by atoms with Crippen LogP contribution in [0.3, 0.4) is 0 Å². The number of nitrogens with one attached hydrogen (secondary N) is 1. The number of hydrogen-bond donors (Lipinski definition) is 1. The predicted molar refractivity (Wildman–Crippen MR) is 67.7 cm³/mol. The van der Waals surface area contributed by atoms with Gasteiger partial charge in [0.25, 0.3) is 0 Å². The normalized spacial score (nSPS) is 33.0. The van der Waals surface area contributed by atoms with E-state index in [9.17, 15) is 0 Å². The van der Waals surface area contributed by atoms with Crippen LogP contribution in [0.25, 0.3) is 0 Å². The van der Waals surface area contributed by atoms with Crippen molar-refractivity contribution < 1.29 is 4.74 Å². The molecule has 94 valence electrons. The molecule has 2 aliphatic carbocycles. The van der Waals surface area contributed by atoms with Crippen molar-refractivity contribution in [3.8, 4) is 0 Å². The molecule has 0 spiro atoms. The van der Waals surface area contributed by atoms with Crippen LogP contribution in [-0.2, 0) is 4.74 Å². The van der Waals surface area contributed by atoms with Crippen molar-refractivity contribution in [2.24, 2.45) is 0 Å². The molecule has 0 atom stereocenters. The van der Waals surface area contributed by atoms with Crippen LogP contribution < -0.4 is 5.32 Å². The summed E-state index contributed by atoms with van der Waals surface area (Å²) in [5, 5.41) is 3.85. The van der Waals surface area contributed by atoms with E-state index >= 15 is 0 Å². The van der Waals surface area contributed by atoms with Crippen molar-refractivity contribution in [1.29, 1.82) is 0 Å². The topological polar surface area (TPSA) is 21.3 Å². The lowest BCUT2D eigenvalue weighted by Gasteiger charge is -2.49. The first-order chi connectivity index (χ1) is 7.42. The third-order valence-electron chi connectivity index (χ3n) is 4.11. The Kier molecular flexibility index (Phi) is 3.33. The fraction of sp³-hybridized carbons (Fsp3) is 1.00. The van der Waals surface area contributed by atoms with Crippen LogP contribution in [0.5, 0.6) is 0 Å². The van der Waals surface area contributed by atoms with Crippen molar-refractivity contribution >= 4 is 0 Å². The van der Waals surface area contributed by atoms with Gasteiger partial charge in [0.1, 0.15) is 0 Å². The molecule has 2 rings (SSSR count). The smallest absolute Gasteiger partial charge is 0.0612 e. The second-order valence-corrected chi connectivity index (χ2v) is 6.65. The lowest BCUT2D eigenvalue weighted by Crippen LogP contribution is -2.59. The zero-order chi connectivity index (χ0) is 11.8. The van der Waals surface area contributed by atoms with Gasteiger partial charge >= 0.3 is 0 Å². The second-order valence-electron chi connectivity index (χ2n) is 6.65. The van der Waals surface area contributed by atoms with Crippen LogP contribution in [0.1, 0.15) is 66.2 Å². The van der Waals surface area contributed by atoms with Gasteiger partial charge in [-0.2, -0.15) is 0 Å². The Morgan fingerprint density at radius 3 is 2.25 bits per heavy atom. The minimum atomic E-state index is 0.0224. The maximum absolute atomic E-state index is 5.96. The average Bonchev–Trinajstić information content (AvgIpc) is 2.04. The third kappa shape index (κ3) is 2.78. The second kappa shape index (κ2) is 4.30. The molecule has 0 saturated heterocycles. The molecule has 0 radical (unpaired) electrons. The van der Waals surface area contributed by atoms with E-state index in [1.54, 1.807) is 0 Å². The largest absolute Gasteiger partial charge is 0.373 e. The molecule has 16 heavy (non-hydrogen) atoms. The maximum atomic E-state index is 5.96. The maximum Gasteiger partial charge on any atom is 0.0612 e. The molecule has 0 aromatic carbocycles. The van der Waals surface area contributed by atoms with Crippen LogP contribution in [0.2, 0.25) is 0 Å². The Labute approximate surface area is 100 Å². The molecule has 0 heterocycles. The van der Waals surface area contributed by atoms with Crippen LogP contribution in [-0.4, -0.2) is 23.3 Å². The highest BCUT2D eigenvalue weighted by molar-refractivity contribution is 5.00. The van der Waals surface area contributed by atoms with Gasteiger partial charge in [0.05, 0.1) is 11.7 Å². The summed E-state index contributed by atoms with van der Waals surface area (Å²) in [6.07, 6.45) is 8.36. The van der Waals surface area contributed by atoms with Crippen LogP contribution >= 0.6 is 0 Å². The SMILES string of the molecule is CCC1(NC2CC(OC(C)(C)C)C2)CCC1. The molecular weight excluding hydrogens is 198 g/mol. The van der Waals surface area contributed by atoms with Crippen molar-refractivity contribution in [2.45, 2.75) is 89.5 Å². The zero-order valence-electron chi connectivity index (χ0n) is 11.3. The van der Waals surface area contributed by atoms with E-state index in [0.29, 0.717) is 17.7 Å². The number of hydrogen-bond acceptors (Lipinski definition) is 2. The minimum absolute atomic E-state index is 0.0224. The molecule has 0 aliphatic heterocycles. The van der Waals surface area contributed by atoms with Crippen molar-refractivity contribution in [2.75, 3.05) is 0 Å². The van der Waals surface area contributed by atoms with Crippen LogP contribution in [0.15, 0.2) is 0 Å². The summed E-state index contributed by atoms with van der Waals surface area (Å²) in [4.78, 5) is 0. The molecule has 1 N–H and O–H groups in total. The van der Waals surface area contributed by atoms with E-state index in [0.717, 1.165) is 0 Å². The van der Waals surface area contributed by atoms with Crippen LogP contribution in [0.4, 0.5) is 0 Å². The van der Waals surface area contributed by atoms with Gasteiger partial charge in [0.2, 0.25) is 0 Å². The first-order valence-electron chi connectivity index (χ1n) is 6.88. The highest BCUT2D eigenvalue weighted by Crippen LogP contribution is 2.38. The number of ether oxygens (including phenoxy) is 1. The van der Waals surface area contributed by atoms with E-state index in [1.165, 1.54) is 38.5 Å². The first-order valence-corrected chi connectivity index (χ1v) is 6.88. The Bertz CT molecular complexity index is 228. The monoisotopic (exact) mass is 225 g/mol.